The number of piperidine rings is 1. The number of pyridine rings is 1. The van der Waals surface area contributed by atoms with Crippen molar-refractivity contribution in [1.29, 1.82) is 0 Å². The summed E-state index contributed by atoms with van der Waals surface area (Å²) in [6.45, 7) is 4.17. The molecule has 1 atom stereocenters. The van der Waals surface area contributed by atoms with Gasteiger partial charge in [-0.25, -0.2) is 4.52 Å². The molecule has 0 amide bonds. The minimum atomic E-state index is -0.0152. The van der Waals surface area contributed by atoms with Crippen LogP contribution in [0.2, 0.25) is 0 Å². The van der Waals surface area contributed by atoms with E-state index in [1.165, 1.54) is 19.3 Å². The zero-order chi connectivity index (χ0) is 19.3. The first-order valence-corrected chi connectivity index (χ1v) is 10.3. The number of benzene rings is 1. The lowest BCUT2D eigenvalue weighted by Gasteiger charge is -2.32. The van der Waals surface area contributed by atoms with Crippen LogP contribution in [0.4, 0.5) is 0 Å². The van der Waals surface area contributed by atoms with Gasteiger partial charge in [0.2, 0.25) is 0 Å². The van der Waals surface area contributed by atoms with Gasteiger partial charge in [-0.2, -0.15) is 5.10 Å². The maximum atomic E-state index is 13.0. The highest BCUT2D eigenvalue weighted by molar-refractivity contribution is 5.99. The van der Waals surface area contributed by atoms with Gasteiger partial charge in [0.05, 0.1) is 11.6 Å². The number of carbonyl (C=O) groups excluding carboxylic acids is 1. The van der Waals surface area contributed by atoms with Crippen molar-refractivity contribution in [2.75, 3.05) is 13.1 Å². The molecule has 1 aromatic carbocycles. The maximum absolute atomic E-state index is 13.0. The number of ketones is 1. The van der Waals surface area contributed by atoms with Crippen molar-refractivity contribution in [3.63, 3.8) is 0 Å². The SMILES string of the molecule is CCC(C(=O)C=Cc1c(-c2ccccc2)nn2ccccc12)N1CCCCC1. The molecule has 1 aliphatic rings. The number of hydrogen-bond donors (Lipinski definition) is 0. The average molecular weight is 374 g/mol. The van der Waals surface area contributed by atoms with E-state index in [0.717, 1.165) is 41.8 Å². The third kappa shape index (κ3) is 3.78. The van der Waals surface area contributed by atoms with E-state index in [2.05, 4.69) is 24.0 Å². The number of hydrogen-bond acceptors (Lipinski definition) is 3. The van der Waals surface area contributed by atoms with Crippen LogP contribution in [0, 0.1) is 0 Å². The molecule has 0 radical (unpaired) electrons. The summed E-state index contributed by atoms with van der Waals surface area (Å²) in [6.07, 6.45) is 10.2. The van der Waals surface area contributed by atoms with E-state index in [1.807, 2.05) is 53.2 Å². The van der Waals surface area contributed by atoms with Crippen molar-refractivity contribution in [2.24, 2.45) is 0 Å². The van der Waals surface area contributed by atoms with E-state index in [0.29, 0.717) is 0 Å². The van der Waals surface area contributed by atoms with Crippen LogP contribution in [0.15, 0.2) is 60.8 Å². The van der Waals surface area contributed by atoms with Crippen LogP contribution in [-0.2, 0) is 4.79 Å². The van der Waals surface area contributed by atoms with Crippen molar-refractivity contribution in [1.82, 2.24) is 14.5 Å². The van der Waals surface area contributed by atoms with Crippen LogP contribution in [0.3, 0.4) is 0 Å². The average Bonchev–Trinajstić information content (AvgIpc) is 3.13. The van der Waals surface area contributed by atoms with Gasteiger partial charge in [-0.15, -0.1) is 0 Å². The molecule has 1 unspecified atom stereocenters. The lowest BCUT2D eigenvalue weighted by molar-refractivity contribution is -0.120. The maximum Gasteiger partial charge on any atom is 0.172 e. The van der Waals surface area contributed by atoms with E-state index in [1.54, 1.807) is 6.08 Å². The molecule has 2 aromatic heterocycles. The van der Waals surface area contributed by atoms with Crippen molar-refractivity contribution >= 4 is 17.4 Å². The van der Waals surface area contributed by atoms with Gasteiger partial charge in [0.15, 0.2) is 5.78 Å². The highest BCUT2D eigenvalue weighted by Gasteiger charge is 2.24. The second-order valence-electron chi connectivity index (χ2n) is 7.42. The second kappa shape index (κ2) is 8.53. The fourth-order valence-electron chi connectivity index (χ4n) is 4.14. The van der Waals surface area contributed by atoms with Gasteiger partial charge in [-0.05, 0) is 56.6 Å². The molecule has 144 valence electrons. The first-order chi connectivity index (χ1) is 13.8. The molecule has 0 saturated carbocycles. The predicted molar refractivity (Wildman–Crippen MR) is 114 cm³/mol. The molecule has 3 heterocycles. The zero-order valence-electron chi connectivity index (χ0n) is 16.4. The fraction of sp³-hybridized carbons (Fsp3) is 0.333. The van der Waals surface area contributed by atoms with E-state index in [9.17, 15) is 4.79 Å². The lowest BCUT2D eigenvalue weighted by atomic mass is 10.0. The topological polar surface area (TPSA) is 37.6 Å². The standard InChI is InChI=1S/C24H27N3O/c1-2-21(26-16-8-4-9-17-26)23(28)15-14-20-22-13-7-10-18-27(22)25-24(20)19-11-5-3-6-12-19/h3,5-7,10-15,18,21H,2,4,8-9,16-17H2,1H3. The molecule has 3 aromatic rings. The Hall–Kier alpha value is -2.72. The predicted octanol–water partition coefficient (Wildman–Crippen LogP) is 4.85. The number of aromatic nitrogens is 2. The number of carbonyl (C=O) groups is 1. The summed E-state index contributed by atoms with van der Waals surface area (Å²) >= 11 is 0. The van der Waals surface area contributed by atoms with Crippen LogP contribution in [0.5, 0.6) is 0 Å². The normalized spacial score (nSPS) is 16.6. The van der Waals surface area contributed by atoms with Crippen molar-refractivity contribution in [3.05, 3.63) is 66.4 Å². The van der Waals surface area contributed by atoms with E-state index in [-0.39, 0.29) is 11.8 Å². The Balaban J connectivity index is 1.67. The molecular formula is C24H27N3O. The summed E-state index contributed by atoms with van der Waals surface area (Å²) in [4.78, 5) is 15.3. The molecule has 0 N–H and O–H groups in total. The highest BCUT2D eigenvalue weighted by atomic mass is 16.1. The summed E-state index contributed by atoms with van der Waals surface area (Å²) in [5.74, 6) is 0.193. The number of fused-ring (bicyclic) bond motifs is 1. The van der Waals surface area contributed by atoms with Gasteiger partial charge in [0.25, 0.3) is 0 Å². The molecule has 0 spiro atoms. The van der Waals surface area contributed by atoms with E-state index < -0.39 is 0 Å². The minimum Gasteiger partial charge on any atom is -0.293 e. The largest absolute Gasteiger partial charge is 0.293 e. The fourth-order valence-corrected chi connectivity index (χ4v) is 4.14. The number of nitrogens with zero attached hydrogens (tertiary/aromatic N) is 3. The Morgan fingerprint density at radius 2 is 1.82 bits per heavy atom. The van der Waals surface area contributed by atoms with E-state index in [4.69, 9.17) is 5.10 Å². The van der Waals surface area contributed by atoms with Crippen molar-refractivity contribution in [3.8, 4) is 11.3 Å². The van der Waals surface area contributed by atoms with Crippen LogP contribution >= 0.6 is 0 Å². The summed E-state index contributed by atoms with van der Waals surface area (Å²) < 4.78 is 1.88. The quantitative estimate of drug-likeness (QED) is 0.580. The zero-order valence-corrected chi connectivity index (χ0v) is 16.4. The number of likely N-dealkylation sites (tertiary alicyclic amines) is 1. The van der Waals surface area contributed by atoms with Gasteiger partial charge in [0.1, 0.15) is 5.69 Å². The smallest absolute Gasteiger partial charge is 0.172 e. The van der Waals surface area contributed by atoms with E-state index >= 15 is 0 Å². The van der Waals surface area contributed by atoms with Gasteiger partial charge >= 0.3 is 0 Å². The molecule has 4 rings (SSSR count). The van der Waals surface area contributed by atoms with Crippen molar-refractivity contribution in [2.45, 2.75) is 38.6 Å². The summed E-state index contributed by atoms with van der Waals surface area (Å²) in [5, 5.41) is 4.76. The van der Waals surface area contributed by atoms with Crippen LogP contribution in [-0.4, -0.2) is 39.4 Å². The lowest BCUT2D eigenvalue weighted by Crippen LogP contribution is -2.43. The van der Waals surface area contributed by atoms with Gasteiger partial charge in [-0.3, -0.25) is 9.69 Å². The van der Waals surface area contributed by atoms with Crippen LogP contribution in [0.1, 0.15) is 38.2 Å². The molecule has 4 heteroatoms. The molecular weight excluding hydrogens is 346 g/mol. The molecule has 1 fully saturated rings. The Kier molecular flexibility index (Phi) is 5.68. The summed E-state index contributed by atoms with van der Waals surface area (Å²) in [6, 6.07) is 16.2. The first-order valence-electron chi connectivity index (χ1n) is 10.3. The van der Waals surface area contributed by atoms with Gasteiger partial charge < -0.3 is 0 Å². The van der Waals surface area contributed by atoms with Gasteiger partial charge in [-0.1, -0.05) is 49.7 Å². The van der Waals surface area contributed by atoms with Crippen LogP contribution < -0.4 is 0 Å². The monoisotopic (exact) mass is 373 g/mol. The molecule has 0 bridgehead atoms. The molecule has 1 aliphatic heterocycles. The molecule has 0 aliphatic carbocycles. The third-order valence-electron chi connectivity index (χ3n) is 5.59. The Morgan fingerprint density at radius 1 is 1.07 bits per heavy atom. The third-order valence-corrected chi connectivity index (χ3v) is 5.59. The summed E-state index contributed by atoms with van der Waals surface area (Å²) in [7, 11) is 0. The molecule has 1 saturated heterocycles. The van der Waals surface area contributed by atoms with Crippen LogP contribution in [0.25, 0.3) is 22.9 Å². The Labute approximate surface area is 166 Å². The summed E-state index contributed by atoms with van der Waals surface area (Å²) in [5.41, 5.74) is 3.97. The number of rotatable bonds is 6. The molecule has 4 nitrogen and oxygen atoms in total. The Morgan fingerprint density at radius 3 is 2.57 bits per heavy atom. The first kappa shape index (κ1) is 18.6. The highest BCUT2D eigenvalue weighted by Crippen LogP contribution is 2.27. The Bertz CT molecular complexity index is 968. The van der Waals surface area contributed by atoms with Crippen molar-refractivity contribution < 1.29 is 4.79 Å². The minimum absolute atomic E-state index is 0.0152. The van der Waals surface area contributed by atoms with Gasteiger partial charge in [0, 0.05) is 17.3 Å². The molecule has 28 heavy (non-hydrogen) atoms. The second-order valence-corrected chi connectivity index (χ2v) is 7.42.